The van der Waals surface area contributed by atoms with Gasteiger partial charge in [0, 0.05) is 44.9 Å². The average molecular weight is 356 g/mol. The van der Waals surface area contributed by atoms with Gasteiger partial charge in [0.1, 0.15) is 5.82 Å². The first-order valence-electron chi connectivity index (χ1n) is 9.06. The van der Waals surface area contributed by atoms with Gasteiger partial charge in [0.15, 0.2) is 0 Å². The van der Waals surface area contributed by atoms with Crippen LogP contribution >= 0.6 is 0 Å². The number of aromatic nitrogens is 4. The molecule has 138 valence electrons. The van der Waals surface area contributed by atoms with Gasteiger partial charge in [-0.3, -0.25) is 4.79 Å². The number of hydrogen-bond donors (Lipinski definition) is 0. The molecule has 0 radical (unpaired) electrons. The fourth-order valence-electron chi connectivity index (χ4n) is 3.60. The molecule has 2 aliphatic heterocycles. The molecule has 0 spiro atoms. The summed E-state index contributed by atoms with van der Waals surface area (Å²) >= 11 is 0. The van der Waals surface area contributed by atoms with Crippen LogP contribution < -0.4 is 15.4 Å². The maximum Gasteiger partial charge on any atom is 0.267 e. The van der Waals surface area contributed by atoms with Crippen LogP contribution in [-0.4, -0.2) is 53.0 Å². The number of nitrogens with zero attached hydrogens (tertiary/aromatic N) is 6. The first-order valence-corrected chi connectivity index (χ1v) is 9.06. The first kappa shape index (κ1) is 17.0. The van der Waals surface area contributed by atoms with Gasteiger partial charge in [-0.25, -0.2) is 9.67 Å². The molecule has 26 heavy (non-hydrogen) atoms. The third kappa shape index (κ3) is 3.29. The van der Waals surface area contributed by atoms with Crippen molar-refractivity contribution in [3.8, 4) is 0 Å². The molecule has 8 heteroatoms. The number of hydrogen-bond acceptors (Lipinski definition) is 7. The Balaban J connectivity index is 1.58. The summed E-state index contributed by atoms with van der Waals surface area (Å²) in [7, 11) is 3.93. The normalized spacial score (nSPS) is 19.5. The summed E-state index contributed by atoms with van der Waals surface area (Å²) in [6.07, 6.45) is 4.62. The van der Waals surface area contributed by atoms with Gasteiger partial charge in [0.2, 0.25) is 5.95 Å². The SMILES string of the molecule is CN(C)c1ccnc(N2CCCC2Cn2nc3c(cc2=O)COCC3)n1. The monoisotopic (exact) mass is 356 g/mol. The Morgan fingerprint density at radius 3 is 3.12 bits per heavy atom. The summed E-state index contributed by atoms with van der Waals surface area (Å²) in [5.41, 5.74) is 1.83. The fraction of sp³-hybridized carbons (Fsp3) is 0.556. The van der Waals surface area contributed by atoms with Crippen LogP contribution in [0.5, 0.6) is 0 Å². The minimum absolute atomic E-state index is 0.0657. The molecule has 1 fully saturated rings. The molecular formula is C18H24N6O2. The molecule has 0 saturated carbocycles. The van der Waals surface area contributed by atoms with Crippen molar-refractivity contribution in [3.63, 3.8) is 0 Å². The largest absolute Gasteiger partial charge is 0.376 e. The third-order valence-corrected chi connectivity index (χ3v) is 5.01. The zero-order chi connectivity index (χ0) is 18.1. The number of ether oxygens (including phenoxy) is 1. The molecule has 0 amide bonds. The van der Waals surface area contributed by atoms with Crippen LogP contribution in [0.25, 0.3) is 0 Å². The average Bonchev–Trinajstić information content (AvgIpc) is 3.10. The molecule has 0 bridgehead atoms. The van der Waals surface area contributed by atoms with Crippen LogP contribution in [0.3, 0.4) is 0 Å². The Hall–Kier alpha value is -2.48. The molecule has 1 unspecified atom stereocenters. The van der Waals surface area contributed by atoms with Gasteiger partial charge in [0.25, 0.3) is 5.56 Å². The second-order valence-corrected chi connectivity index (χ2v) is 7.04. The van der Waals surface area contributed by atoms with Gasteiger partial charge in [-0.2, -0.15) is 10.1 Å². The number of rotatable bonds is 4. The van der Waals surface area contributed by atoms with Crippen molar-refractivity contribution in [2.75, 3.05) is 37.0 Å². The molecule has 1 saturated heterocycles. The molecule has 1 atom stereocenters. The molecular weight excluding hydrogens is 332 g/mol. The fourth-order valence-corrected chi connectivity index (χ4v) is 3.60. The van der Waals surface area contributed by atoms with E-state index < -0.39 is 0 Å². The van der Waals surface area contributed by atoms with E-state index in [1.54, 1.807) is 16.9 Å². The van der Waals surface area contributed by atoms with Gasteiger partial charge in [-0.05, 0) is 18.9 Å². The first-order chi connectivity index (χ1) is 12.6. The van der Waals surface area contributed by atoms with Gasteiger partial charge in [-0.15, -0.1) is 0 Å². The van der Waals surface area contributed by atoms with E-state index in [0.29, 0.717) is 19.8 Å². The summed E-state index contributed by atoms with van der Waals surface area (Å²) in [5, 5.41) is 4.60. The topological polar surface area (TPSA) is 76.4 Å². The van der Waals surface area contributed by atoms with Gasteiger partial charge < -0.3 is 14.5 Å². The lowest BCUT2D eigenvalue weighted by Crippen LogP contribution is -2.39. The van der Waals surface area contributed by atoms with E-state index in [1.807, 2.05) is 25.1 Å². The Labute approximate surface area is 152 Å². The highest BCUT2D eigenvalue weighted by Crippen LogP contribution is 2.24. The quantitative estimate of drug-likeness (QED) is 0.803. The van der Waals surface area contributed by atoms with E-state index in [1.165, 1.54) is 0 Å². The van der Waals surface area contributed by atoms with Gasteiger partial charge in [0.05, 0.1) is 31.5 Å². The van der Waals surface area contributed by atoms with Crippen molar-refractivity contribution in [2.45, 2.75) is 38.5 Å². The van der Waals surface area contributed by atoms with Crippen molar-refractivity contribution >= 4 is 11.8 Å². The van der Waals surface area contributed by atoms with E-state index in [0.717, 1.165) is 48.8 Å². The minimum atomic E-state index is -0.0657. The molecule has 2 aromatic heterocycles. The van der Waals surface area contributed by atoms with Crippen LogP contribution in [0, 0.1) is 0 Å². The highest BCUT2D eigenvalue weighted by molar-refractivity contribution is 5.43. The summed E-state index contributed by atoms with van der Waals surface area (Å²) < 4.78 is 7.01. The highest BCUT2D eigenvalue weighted by atomic mass is 16.5. The zero-order valence-electron chi connectivity index (χ0n) is 15.3. The van der Waals surface area contributed by atoms with Crippen molar-refractivity contribution in [1.82, 2.24) is 19.7 Å². The molecule has 0 aromatic carbocycles. The molecule has 8 nitrogen and oxygen atoms in total. The Bertz CT molecular complexity index is 850. The Morgan fingerprint density at radius 1 is 1.38 bits per heavy atom. The molecule has 2 aliphatic rings. The molecule has 0 N–H and O–H groups in total. The lowest BCUT2D eigenvalue weighted by Gasteiger charge is -2.26. The molecule has 4 rings (SSSR count). The van der Waals surface area contributed by atoms with Gasteiger partial charge in [-0.1, -0.05) is 0 Å². The second-order valence-electron chi connectivity index (χ2n) is 7.04. The smallest absolute Gasteiger partial charge is 0.267 e. The summed E-state index contributed by atoms with van der Waals surface area (Å²) in [6, 6.07) is 3.74. The lowest BCUT2D eigenvalue weighted by molar-refractivity contribution is 0.108. The minimum Gasteiger partial charge on any atom is -0.376 e. The summed E-state index contributed by atoms with van der Waals surface area (Å²) in [5.74, 6) is 1.60. The van der Waals surface area contributed by atoms with Crippen LogP contribution in [0.1, 0.15) is 24.1 Å². The predicted molar refractivity (Wildman–Crippen MR) is 98.6 cm³/mol. The van der Waals surface area contributed by atoms with E-state index >= 15 is 0 Å². The Kier molecular flexibility index (Phi) is 4.58. The van der Waals surface area contributed by atoms with E-state index in [2.05, 4.69) is 20.0 Å². The van der Waals surface area contributed by atoms with E-state index in [9.17, 15) is 4.79 Å². The van der Waals surface area contributed by atoms with Crippen molar-refractivity contribution in [3.05, 3.63) is 39.9 Å². The predicted octanol–water partition coefficient (Wildman–Crippen LogP) is 0.841. The second kappa shape index (κ2) is 7.03. The van der Waals surface area contributed by atoms with Crippen LogP contribution in [-0.2, 0) is 24.3 Å². The van der Waals surface area contributed by atoms with Gasteiger partial charge >= 0.3 is 0 Å². The van der Waals surface area contributed by atoms with Crippen molar-refractivity contribution < 1.29 is 4.74 Å². The summed E-state index contributed by atoms with van der Waals surface area (Å²) in [4.78, 5) is 25.7. The van der Waals surface area contributed by atoms with Crippen molar-refractivity contribution in [1.29, 1.82) is 0 Å². The van der Waals surface area contributed by atoms with E-state index in [4.69, 9.17) is 4.74 Å². The highest BCUT2D eigenvalue weighted by Gasteiger charge is 2.28. The van der Waals surface area contributed by atoms with E-state index in [-0.39, 0.29) is 11.6 Å². The number of fused-ring (bicyclic) bond motifs is 1. The maximum atomic E-state index is 12.5. The molecule has 4 heterocycles. The molecule has 0 aliphatic carbocycles. The lowest BCUT2D eigenvalue weighted by atomic mass is 10.1. The van der Waals surface area contributed by atoms with Crippen molar-refractivity contribution in [2.24, 2.45) is 0 Å². The third-order valence-electron chi connectivity index (χ3n) is 5.01. The Morgan fingerprint density at radius 2 is 2.27 bits per heavy atom. The van der Waals surface area contributed by atoms with Crippen LogP contribution in [0.2, 0.25) is 0 Å². The number of anilines is 2. The molecule has 2 aromatic rings. The van der Waals surface area contributed by atoms with Crippen LogP contribution in [0.4, 0.5) is 11.8 Å². The zero-order valence-corrected chi connectivity index (χ0v) is 15.3. The van der Waals surface area contributed by atoms with Crippen LogP contribution in [0.15, 0.2) is 23.1 Å². The summed E-state index contributed by atoms with van der Waals surface area (Å²) in [6.45, 7) is 2.61. The standard InChI is InChI=1S/C18H24N6O2/c1-22(2)16-5-7-19-18(20-16)23-8-3-4-14(23)11-24-17(25)10-13-12-26-9-6-15(13)21-24/h5,7,10,14H,3-4,6,8-9,11-12H2,1-2H3. The maximum absolute atomic E-state index is 12.5.